The number of likely N-dealkylation sites (tertiary alicyclic amines) is 1. The number of hydrogen-bond acceptors (Lipinski definition) is 8. The van der Waals surface area contributed by atoms with Gasteiger partial charge in [0.25, 0.3) is 0 Å². The van der Waals surface area contributed by atoms with E-state index in [0.717, 1.165) is 0 Å². The molecular formula is C20H35N7O7S. The smallest absolute Gasteiger partial charge is 0.326 e. The molecule has 14 nitrogen and oxygen atoms in total. The lowest BCUT2D eigenvalue weighted by molar-refractivity contribution is -0.149. The highest BCUT2D eigenvalue weighted by Crippen LogP contribution is 2.20. The summed E-state index contributed by atoms with van der Waals surface area (Å²) in [5.74, 6) is -4.05. The lowest BCUT2D eigenvalue weighted by Crippen LogP contribution is -2.57. The number of aliphatic carboxylic acids is 2. The summed E-state index contributed by atoms with van der Waals surface area (Å²) in [7, 11) is 0. The van der Waals surface area contributed by atoms with Crippen LogP contribution in [-0.4, -0.2) is 100.0 Å². The van der Waals surface area contributed by atoms with E-state index >= 15 is 0 Å². The molecule has 3 amide bonds. The molecule has 0 aromatic carbocycles. The minimum atomic E-state index is -1.35. The number of rotatable bonds is 15. The third-order valence-corrected chi connectivity index (χ3v) is 6.00. The van der Waals surface area contributed by atoms with Gasteiger partial charge < -0.3 is 42.9 Å². The number of amides is 3. The van der Waals surface area contributed by atoms with Crippen LogP contribution in [0.1, 0.15) is 38.5 Å². The predicted molar refractivity (Wildman–Crippen MR) is 129 cm³/mol. The van der Waals surface area contributed by atoms with Crippen molar-refractivity contribution in [1.29, 1.82) is 0 Å². The lowest BCUT2D eigenvalue weighted by Gasteiger charge is -2.29. The SMILES string of the molecule is CSCCC(NC(=O)C(N)CC(=O)O)C(=O)NC(CCCN=C(N)N)C(=O)N1CCCC1C(=O)O. The maximum absolute atomic E-state index is 13.2. The highest BCUT2D eigenvalue weighted by molar-refractivity contribution is 7.98. The Bertz CT molecular complexity index is 807. The molecule has 0 aliphatic carbocycles. The van der Waals surface area contributed by atoms with Gasteiger partial charge in [-0.2, -0.15) is 11.8 Å². The van der Waals surface area contributed by atoms with Crippen LogP contribution < -0.4 is 27.8 Å². The molecule has 10 N–H and O–H groups in total. The zero-order valence-electron chi connectivity index (χ0n) is 19.6. The van der Waals surface area contributed by atoms with Crippen molar-refractivity contribution in [1.82, 2.24) is 15.5 Å². The average molecular weight is 518 g/mol. The van der Waals surface area contributed by atoms with Crippen molar-refractivity contribution in [2.75, 3.05) is 25.1 Å². The van der Waals surface area contributed by atoms with Crippen molar-refractivity contribution in [2.45, 2.75) is 62.7 Å². The van der Waals surface area contributed by atoms with Crippen LogP contribution in [0, 0.1) is 0 Å². The molecule has 198 valence electrons. The molecule has 0 radical (unpaired) electrons. The molecular weight excluding hydrogens is 482 g/mol. The Labute approximate surface area is 207 Å². The molecule has 1 rings (SSSR count). The van der Waals surface area contributed by atoms with E-state index in [0.29, 0.717) is 25.0 Å². The molecule has 1 aliphatic rings. The Hall–Kier alpha value is -3.07. The first-order valence-corrected chi connectivity index (χ1v) is 12.5. The highest BCUT2D eigenvalue weighted by Gasteiger charge is 2.38. The quantitative estimate of drug-likeness (QED) is 0.0688. The van der Waals surface area contributed by atoms with E-state index in [-0.39, 0.29) is 31.9 Å². The molecule has 0 spiro atoms. The number of hydrogen-bond donors (Lipinski definition) is 7. The Morgan fingerprint density at radius 1 is 1.09 bits per heavy atom. The number of nitrogens with one attached hydrogen (secondary N) is 2. The van der Waals surface area contributed by atoms with Crippen LogP contribution in [0.2, 0.25) is 0 Å². The van der Waals surface area contributed by atoms with E-state index in [2.05, 4.69) is 15.6 Å². The van der Waals surface area contributed by atoms with E-state index in [1.165, 1.54) is 16.7 Å². The van der Waals surface area contributed by atoms with Gasteiger partial charge in [-0.25, -0.2) is 4.79 Å². The number of thioether (sulfide) groups is 1. The largest absolute Gasteiger partial charge is 0.481 e. The van der Waals surface area contributed by atoms with Gasteiger partial charge in [0, 0.05) is 13.1 Å². The molecule has 1 aliphatic heterocycles. The van der Waals surface area contributed by atoms with Crippen LogP contribution in [0.15, 0.2) is 4.99 Å². The van der Waals surface area contributed by atoms with Gasteiger partial charge in [0.15, 0.2) is 5.96 Å². The maximum atomic E-state index is 13.2. The van der Waals surface area contributed by atoms with Crippen LogP contribution in [0.5, 0.6) is 0 Å². The zero-order chi connectivity index (χ0) is 26.5. The summed E-state index contributed by atoms with van der Waals surface area (Å²) in [5, 5.41) is 23.4. The minimum absolute atomic E-state index is 0.125. The number of carbonyl (C=O) groups excluding carboxylic acids is 3. The number of carbonyl (C=O) groups is 5. The van der Waals surface area contributed by atoms with Gasteiger partial charge in [-0.3, -0.25) is 24.2 Å². The Balaban J connectivity index is 3.01. The summed E-state index contributed by atoms with van der Waals surface area (Å²) < 4.78 is 0. The fraction of sp³-hybridized carbons (Fsp3) is 0.700. The molecule has 1 fully saturated rings. The number of aliphatic imine (C=N–C) groups is 1. The summed E-state index contributed by atoms with van der Waals surface area (Å²) in [4.78, 5) is 66.1. The van der Waals surface area contributed by atoms with Crippen molar-refractivity contribution in [2.24, 2.45) is 22.2 Å². The van der Waals surface area contributed by atoms with Gasteiger partial charge in [0.2, 0.25) is 17.7 Å². The Morgan fingerprint density at radius 3 is 2.31 bits per heavy atom. The Kier molecular flexibility index (Phi) is 12.9. The fourth-order valence-corrected chi connectivity index (χ4v) is 4.06. The van der Waals surface area contributed by atoms with Gasteiger partial charge in [0.05, 0.1) is 12.5 Å². The monoisotopic (exact) mass is 517 g/mol. The summed E-state index contributed by atoms with van der Waals surface area (Å²) in [5.41, 5.74) is 16.2. The second-order valence-electron chi connectivity index (χ2n) is 8.08. The maximum Gasteiger partial charge on any atom is 0.326 e. The van der Waals surface area contributed by atoms with Gasteiger partial charge in [-0.15, -0.1) is 0 Å². The molecule has 4 unspecified atom stereocenters. The first kappa shape index (κ1) is 30.0. The molecule has 0 aromatic heterocycles. The first-order chi connectivity index (χ1) is 16.5. The van der Waals surface area contributed by atoms with Crippen LogP contribution in [0.3, 0.4) is 0 Å². The summed E-state index contributed by atoms with van der Waals surface area (Å²) in [6.45, 7) is 0.438. The Morgan fingerprint density at radius 2 is 1.74 bits per heavy atom. The topological polar surface area (TPSA) is 244 Å². The van der Waals surface area contributed by atoms with Crippen LogP contribution in [0.4, 0.5) is 0 Å². The summed E-state index contributed by atoms with van der Waals surface area (Å²) in [6, 6.07) is -4.48. The van der Waals surface area contributed by atoms with Gasteiger partial charge in [0.1, 0.15) is 18.1 Å². The average Bonchev–Trinajstić information content (AvgIpc) is 3.27. The van der Waals surface area contributed by atoms with Crippen molar-refractivity contribution in [3.05, 3.63) is 0 Å². The number of guanidine groups is 1. The van der Waals surface area contributed by atoms with Crippen molar-refractivity contribution >= 4 is 47.4 Å². The molecule has 35 heavy (non-hydrogen) atoms. The van der Waals surface area contributed by atoms with E-state index in [1.54, 1.807) is 0 Å². The zero-order valence-corrected chi connectivity index (χ0v) is 20.5. The number of carboxylic acids is 2. The van der Waals surface area contributed by atoms with Crippen LogP contribution in [-0.2, 0) is 24.0 Å². The molecule has 1 saturated heterocycles. The van der Waals surface area contributed by atoms with Crippen molar-refractivity contribution < 1.29 is 34.2 Å². The van der Waals surface area contributed by atoms with E-state index < -0.39 is 60.2 Å². The molecule has 0 saturated carbocycles. The molecule has 0 bridgehead atoms. The van der Waals surface area contributed by atoms with Gasteiger partial charge in [-0.1, -0.05) is 0 Å². The summed E-state index contributed by atoms with van der Waals surface area (Å²) in [6.07, 6.45) is 2.68. The third-order valence-electron chi connectivity index (χ3n) is 5.36. The summed E-state index contributed by atoms with van der Waals surface area (Å²) >= 11 is 1.43. The first-order valence-electron chi connectivity index (χ1n) is 11.1. The van der Waals surface area contributed by atoms with Gasteiger partial charge in [-0.05, 0) is 44.1 Å². The normalized spacial score (nSPS) is 17.7. The second kappa shape index (κ2) is 15.0. The highest BCUT2D eigenvalue weighted by atomic mass is 32.2. The predicted octanol–water partition coefficient (Wildman–Crippen LogP) is -2.36. The van der Waals surface area contributed by atoms with E-state index in [1.807, 2.05) is 6.26 Å². The number of carboxylic acid groups (broad SMARTS) is 2. The molecule has 1 heterocycles. The number of nitrogens with zero attached hydrogens (tertiary/aromatic N) is 2. The number of nitrogens with two attached hydrogens (primary N) is 3. The van der Waals surface area contributed by atoms with Crippen molar-refractivity contribution in [3.8, 4) is 0 Å². The molecule has 4 atom stereocenters. The second-order valence-corrected chi connectivity index (χ2v) is 9.07. The van der Waals surface area contributed by atoms with Crippen molar-refractivity contribution in [3.63, 3.8) is 0 Å². The van der Waals surface area contributed by atoms with E-state index in [9.17, 15) is 29.1 Å². The van der Waals surface area contributed by atoms with E-state index in [4.69, 9.17) is 22.3 Å². The third kappa shape index (κ3) is 10.4. The molecule has 0 aromatic rings. The van der Waals surface area contributed by atoms with Gasteiger partial charge >= 0.3 is 11.9 Å². The fourth-order valence-electron chi connectivity index (χ4n) is 3.58. The lowest BCUT2D eigenvalue weighted by atomic mass is 10.1. The van der Waals surface area contributed by atoms with Crippen LogP contribution in [0.25, 0.3) is 0 Å². The minimum Gasteiger partial charge on any atom is -0.481 e. The van der Waals surface area contributed by atoms with Crippen LogP contribution >= 0.6 is 11.8 Å². The standard InChI is InChI=1S/C20H35N7O7S/c1-35-9-6-12(25-16(30)11(21)10-15(28)29)17(31)26-13(4-2-7-24-20(22)23)18(32)27-8-3-5-14(27)19(33)34/h11-14H,2-10,21H2,1H3,(H,25,30)(H,26,31)(H,28,29)(H,33,34)(H4,22,23,24). The molecule has 15 heteroatoms.